The number of hydrogen-bond acceptors (Lipinski definition) is 2. The number of benzene rings is 1. The molecule has 0 bridgehead atoms. The third-order valence-electron chi connectivity index (χ3n) is 2.60. The van der Waals surface area contributed by atoms with Crippen LogP contribution in [0.5, 0.6) is 0 Å². The third kappa shape index (κ3) is 3.32. The molecule has 0 saturated carbocycles. The number of rotatable bonds is 5. The highest BCUT2D eigenvalue weighted by molar-refractivity contribution is 9.10. The monoisotopic (exact) mass is 285 g/mol. The summed E-state index contributed by atoms with van der Waals surface area (Å²) >= 11 is 3.37. The summed E-state index contributed by atoms with van der Waals surface area (Å²) in [4.78, 5) is 11.2. The number of carboxylic acid groups (broad SMARTS) is 1. The van der Waals surface area contributed by atoms with Gasteiger partial charge in [-0.1, -0.05) is 22.0 Å². The van der Waals surface area contributed by atoms with E-state index in [2.05, 4.69) is 21.2 Å². The van der Waals surface area contributed by atoms with Crippen molar-refractivity contribution >= 4 is 21.9 Å². The molecule has 88 valence electrons. The minimum absolute atomic E-state index is 0.440. The SMILES string of the molecule is CNCCC(C(=O)O)c1cc(Br)ccc1C. The molecular formula is C12H16BrNO2. The highest BCUT2D eigenvalue weighted by Crippen LogP contribution is 2.26. The zero-order valence-electron chi connectivity index (χ0n) is 9.46. The van der Waals surface area contributed by atoms with E-state index in [-0.39, 0.29) is 0 Å². The van der Waals surface area contributed by atoms with E-state index in [4.69, 9.17) is 0 Å². The molecule has 4 heteroatoms. The molecule has 1 aromatic rings. The first-order valence-corrected chi connectivity index (χ1v) is 5.99. The Kier molecular flexibility index (Phi) is 4.96. The van der Waals surface area contributed by atoms with Crippen molar-refractivity contribution in [3.63, 3.8) is 0 Å². The van der Waals surface area contributed by atoms with Crippen molar-refractivity contribution in [2.75, 3.05) is 13.6 Å². The van der Waals surface area contributed by atoms with Gasteiger partial charge in [0.1, 0.15) is 0 Å². The van der Waals surface area contributed by atoms with Gasteiger partial charge in [-0.2, -0.15) is 0 Å². The average molecular weight is 286 g/mol. The molecule has 2 N–H and O–H groups in total. The van der Waals surface area contributed by atoms with Crippen LogP contribution in [0.2, 0.25) is 0 Å². The lowest BCUT2D eigenvalue weighted by atomic mass is 9.92. The molecule has 0 amide bonds. The van der Waals surface area contributed by atoms with Crippen molar-refractivity contribution in [3.05, 3.63) is 33.8 Å². The Labute approximate surface area is 104 Å². The van der Waals surface area contributed by atoms with Crippen LogP contribution in [0.25, 0.3) is 0 Å². The van der Waals surface area contributed by atoms with Crippen molar-refractivity contribution in [3.8, 4) is 0 Å². The van der Waals surface area contributed by atoms with Crippen LogP contribution in [0.4, 0.5) is 0 Å². The second kappa shape index (κ2) is 6.01. The maximum atomic E-state index is 11.2. The van der Waals surface area contributed by atoms with Crippen LogP contribution < -0.4 is 5.32 Å². The van der Waals surface area contributed by atoms with Crippen LogP contribution in [0.3, 0.4) is 0 Å². The quantitative estimate of drug-likeness (QED) is 0.874. The van der Waals surface area contributed by atoms with Gasteiger partial charge in [0.05, 0.1) is 5.92 Å². The van der Waals surface area contributed by atoms with Gasteiger partial charge >= 0.3 is 5.97 Å². The summed E-state index contributed by atoms with van der Waals surface area (Å²) in [6.45, 7) is 2.64. The molecule has 0 aliphatic carbocycles. The van der Waals surface area contributed by atoms with Gasteiger partial charge in [0, 0.05) is 4.47 Å². The normalized spacial score (nSPS) is 12.4. The minimum Gasteiger partial charge on any atom is -0.481 e. The lowest BCUT2D eigenvalue weighted by molar-refractivity contribution is -0.138. The van der Waals surface area contributed by atoms with Gasteiger partial charge in [0.25, 0.3) is 0 Å². The Balaban J connectivity index is 3.00. The molecule has 1 aromatic carbocycles. The highest BCUT2D eigenvalue weighted by Gasteiger charge is 2.21. The molecule has 0 spiro atoms. The van der Waals surface area contributed by atoms with Crippen molar-refractivity contribution in [2.45, 2.75) is 19.3 Å². The Morgan fingerprint density at radius 1 is 1.56 bits per heavy atom. The molecule has 0 aliphatic heterocycles. The summed E-state index contributed by atoms with van der Waals surface area (Å²) in [5, 5.41) is 12.2. The van der Waals surface area contributed by atoms with E-state index in [1.165, 1.54) is 0 Å². The van der Waals surface area contributed by atoms with Crippen LogP contribution in [-0.2, 0) is 4.79 Å². The number of aliphatic carboxylic acids is 1. The van der Waals surface area contributed by atoms with E-state index in [0.717, 1.165) is 15.6 Å². The maximum Gasteiger partial charge on any atom is 0.311 e. The second-order valence-electron chi connectivity index (χ2n) is 3.78. The van der Waals surface area contributed by atoms with Gasteiger partial charge in [0.2, 0.25) is 0 Å². The number of carbonyl (C=O) groups is 1. The first-order valence-electron chi connectivity index (χ1n) is 5.19. The molecule has 0 radical (unpaired) electrons. The van der Waals surface area contributed by atoms with Crippen LogP contribution >= 0.6 is 15.9 Å². The average Bonchev–Trinajstić information content (AvgIpc) is 2.23. The van der Waals surface area contributed by atoms with Gasteiger partial charge in [-0.25, -0.2) is 0 Å². The minimum atomic E-state index is -0.767. The fourth-order valence-corrected chi connectivity index (χ4v) is 2.07. The summed E-state index contributed by atoms with van der Waals surface area (Å²) in [7, 11) is 1.83. The van der Waals surface area contributed by atoms with Gasteiger partial charge in [0.15, 0.2) is 0 Å². The van der Waals surface area contributed by atoms with Crippen LogP contribution in [0, 0.1) is 6.92 Å². The molecule has 16 heavy (non-hydrogen) atoms. The summed E-state index contributed by atoms with van der Waals surface area (Å²) in [5.41, 5.74) is 1.91. The summed E-state index contributed by atoms with van der Waals surface area (Å²) < 4.78 is 0.920. The Morgan fingerprint density at radius 2 is 2.25 bits per heavy atom. The molecule has 1 rings (SSSR count). The van der Waals surface area contributed by atoms with E-state index in [1.807, 2.05) is 32.2 Å². The number of nitrogens with one attached hydrogen (secondary N) is 1. The zero-order valence-corrected chi connectivity index (χ0v) is 11.0. The van der Waals surface area contributed by atoms with E-state index >= 15 is 0 Å². The molecule has 1 atom stereocenters. The molecule has 1 unspecified atom stereocenters. The van der Waals surface area contributed by atoms with Crippen molar-refractivity contribution in [2.24, 2.45) is 0 Å². The predicted octanol–water partition coefficient (Wildman–Crippen LogP) is 2.54. The van der Waals surface area contributed by atoms with Crippen molar-refractivity contribution < 1.29 is 9.90 Å². The van der Waals surface area contributed by atoms with E-state index < -0.39 is 11.9 Å². The maximum absolute atomic E-state index is 11.2. The number of hydrogen-bond donors (Lipinski definition) is 2. The molecular weight excluding hydrogens is 270 g/mol. The highest BCUT2D eigenvalue weighted by atomic mass is 79.9. The first kappa shape index (κ1) is 13.2. The summed E-state index contributed by atoms with van der Waals surface area (Å²) in [6.07, 6.45) is 0.600. The van der Waals surface area contributed by atoms with E-state index in [0.29, 0.717) is 13.0 Å². The van der Waals surface area contributed by atoms with Gasteiger partial charge in [-0.3, -0.25) is 4.79 Å². The first-order chi connectivity index (χ1) is 7.56. The molecule has 0 fully saturated rings. The molecule has 0 aliphatic rings. The lowest BCUT2D eigenvalue weighted by Gasteiger charge is -2.15. The Bertz CT molecular complexity index is 379. The van der Waals surface area contributed by atoms with Crippen LogP contribution in [0.1, 0.15) is 23.5 Å². The molecule has 0 saturated heterocycles. The number of carboxylic acids is 1. The zero-order chi connectivity index (χ0) is 12.1. The van der Waals surface area contributed by atoms with E-state index in [9.17, 15) is 9.90 Å². The fourth-order valence-electron chi connectivity index (χ4n) is 1.69. The lowest BCUT2D eigenvalue weighted by Crippen LogP contribution is -2.19. The standard InChI is InChI=1S/C12H16BrNO2/c1-8-3-4-9(13)7-11(8)10(12(15)16)5-6-14-2/h3-4,7,10,14H,5-6H2,1-2H3,(H,15,16). The van der Waals surface area contributed by atoms with Gasteiger partial charge < -0.3 is 10.4 Å². The summed E-state index contributed by atoms with van der Waals surface area (Å²) in [6, 6.07) is 5.76. The van der Waals surface area contributed by atoms with Gasteiger partial charge in [-0.05, 0) is 50.2 Å². The van der Waals surface area contributed by atoms with Gasteiger partial charge in [-0.15, -0.1) is 0 Å². The number of halogens is 1. The predicted molar refractivity (Wildman–Crippen MR) is 67.8 cm³/mol. The molecule has 3 nitrogen and oxygen atoms in total. The summed E-state index contributed by atoms with van der Waals surface area (Å²) in [5.74, 6) is -1.21. The second-order valence-corrected chi connectivity index (χ2v) is 4.70. The topological polar surface area (TPSA) is 49.3 Å². The molecule has 0 heterocycles. The Morgan fingerprint density at radius 3 is 2.81 bits per heavy atom. The molecule has 0 aromatic heterocycles. The largest absolute Gasteiger partial charge is 0.481 e. The number of aryl methyl sites for hydroxylation is 1. The van der Waals surface area contributed by atoms with Crippen molar-refractivity contribution in [1.82, 2.24) is 5.32 Å². The van der Waals surface area contributed by atoms with Crippen molar-refractivity contribution in [1.29, 1.82) is 0 Å². The third-order valence-corrected chi connectivity index (χ3v) is 3.09. The Hall–Kier alpha value is -0.870. The van der Waals surface area contributed by atoms with Crippen LogP contribution in [0.15, 0.2) is 22.7 Å². The smallest absolute Gasteiger partial charge is 0.311 e. The fraction of sp³-hybridized carbons (Fsp3) is 0.417. The van der Waals surface area contributed by atoms with Crippen LogP contribution in [-0.4, -0.2) is 24.7 Å². The van der Waals surface area contributed by atoms with E-state index in [1.54, 1.807) is 0 Å².